The molecule has 0 radical (unpaired) electrons. The largest absolute Gasteiger partial charge is 0.493 e. The Morgan fingerprint density at radius 1 is 1.22 bits per heavy atom. The number of carbonyl (C=O) groups is 1. The molecule has 2 atom stereocenters. The Bertz CT molecular complexity index is 1310. The lowest BCUT2D eigenvalue weighted by atomic mass is 9.92. The zero-order valence-corrected chi connectivity index (χ0v) is 17.7. The lowest BCUT2D eigenvalue weighted by Crippen LogP contribution is -2.55. The van der Waals surface area contributed by atoms with Gasteiger partial charge in [0.05, 0.1) is 30.1 Å². The maximum atomic E-state index is 13.5. The second-order valence-electron chi connectivity index (χ2n) is 7.89. The van der Waals surface area contributed by atoms with Gasteiger partial charge in [-0.2, -0.15) is 5.10 Å². The van der Waals surface area contributed by atoms with Gasteiger partial charge in [0, 0.05) is 17.0 Å². The summed E-state index contributed by atoms with van der Waals surface area (Å²) in [5.41, 5.74) is 2.03. The van der Waals surface area contributed by atoms with Crippen molar-refractivity contribution in [2.24, 2.45) is 5.10 Å². The zero-order valence-electron chi connectivity index (χ0n) is 16.9. The second-order valence-corrected chi connectivity index (χ2v) is 8.32. The molecule has 1 spiro atoms. The Labute approximate surface area is 188 Å². The van der Waals surface area contributed by atoms with Crippen LogP contribution in [0, 0.1) is 5.82 Å². The number of hydrogen-bond acceptors (Lipinski definition) is 5. The monoisotopic (exact) mass is 449 g/mol. The molecule has 3 aromatic carbocycles. The summed E-state index contributed by atoms with van der Waals surface area (Å²) in [6.07, 6.45) is 0.514. The summed E-state index contributed by atoms with van der Waals surface area (Å²) in [5.74, 6) is 0.342. The molecule has 6 rings (SSSR count). The smallest absolute Gasteiger partial charge is 0.306 e. The van der Waals surface area contributed by atoms with Gasteiger partial charge in [0.1, 0.15) is 5.82 Å². The van der Waals surface area contributed by atoms with E-state index in [4.69, 9.17) is 26.2 Å². The average molecular weight is 450 g/mol. The summed E-state index contributed by atoms with van der Waals surface area (Å²) in [5, 5.41) is 9.92. The van der Waals surface area contributed by atoms with E-state index in [2.05, 4.69) is 5.32 Å². The van der Waals surface area contributed by atoms with E-state index in [1.54, 1.807) is 48.5 Å². The van der Waals surface area contributed by atoms with Crippen LogP contribution in [0.25, 0.3) is 0 Å². The number of para-hydroxylation sites is 1. The zero-order chi connectivity index (χ0) is 22.0. The van der Waals surface area contributed by atoms with Gasteiger partial charge in [-0.25, -0.2) is 9.40 Å². The summed E-state index contributed by atoms with van der Waals surface area (Å²) in [6, 6.07) is 16.7. The summed E-state index contributed by atoms with van der Waals surface area (Å²) >= 11 is 6.31. The lowest BCUT2D eigenvalue weighted by molar-refractivity contribution is -0.161. The molecular weight excluding hydrogens is 433 g/mol. The van der Waals surface area contributed by atoms with Crippen molar-refractivity contribution in [2.75, 3.05) is 12.4 Å². The standard InChI is InChI=1S/C24H17ClFN3O3/c1-31-21-4-2-3-16-20-12-19(13-5-8-15(26)9-6-13)28-29(20)24(32-22(16)21)17-11-14(25)7-10-18(17)27-23(24)30/h2-11,20H,12H2,1H3,(H,27,30). The van der Waals surface area contributed by atoms with Gasteiger partial charge in [0.2, 0.25) is 0 Å². The Morgan fingerprint density at radius 2 is 2.03 bits per heavy atom. The third kappa shape index (κ3) is 2.51. The van der Waals surface area contributed by atoms with E-state index >= 15 is 0 Å². The van der Waals surface area contributed by atoms with Gasteiger partial charge in [-0.15, -0.1) is 0 Å². The fourth-order valence-corrected chi connectivity index (χ4v) is 4.86. The molecule has 0 saturated carbocycles. The van der Waals surface area contributed by atoms with Crippen LogP contribution in [0.15, 0.2) is 65.8 Å². The molecule has 0 fully saturated rings. The first kappa shape index (κ1) is 19.1. The molecule has 1 N–H and O–H groups in total. The number of nitrogens with one attached hydrogen (secondary N) is 1. The third-order valence-corrected chi connectivity index (χ3v) is 6.39. The first-order valence-electron chi connectivity index (χ1n) is 10.1. The van der Waals surface area contributed by atoms with Crippen LogP contribution in [0.2, 0.25) is 5.02 Å². The summed E-state index contributed by atoms with van der Waals surface area (Å²) in [4.78, 5) is 13.5. The van der Waals surface area contributed by atoms with Crippen LogP contribution in [0.3, 0.4) is 0 Å². The van der Waals surface area contributed by atoms with Crippen LogP contribution in [0.4, 0.5) is 10.1 Å². The molecule has 0 aromatic heterocycles. The molecule has 0 saturated heterocycles. The number of nitrogens with zero attached hydrogens (tertiary/aromatic N) is 2. The first-order valence-corrected chi connectivity index (χ1v) is 10.5. The van der Waals surface area contributed by atoms with Crippen molar-refractivity contribution < 1.29 is 18.7 Å². The van der Waals surface area contributed by atoms with Crippen LogP contribution >= 0.6 is 11.6 Å². The van der Waals surface area contributed by atoms with Gasteiger partial charge >= 0.3 is 5.72 Å². The maximum Gasteiger partial charge on any atom is 0.306 e. The van der Waals surface area contributed by atoms with Crippen LogP contribution in [-0.2, 0) is 10.5 Å². The van der Waals surface area contributed by atoms with E-state index in [0.717, 1.165) is 16.8 Å². The van der Waals surface area contributed by atoms with E-state index in [-0.39, 0.29) is 17.8 Å². The van der Waals surface area contributed by atoms with Crippen molar-refractivity contribution in [1.29, 1.82) is 0 Å². The predicted molar refractivity (Wildman–Crippen MR) is 118 cm³/mol. The summed E-state index contributed by atoms with van der Waals surface area (Å²) in [7, 11) is 1.56. The second kappa shape index (κ2) is 6.71. The van der Waals surface area contributed by atoms with E-state index in [1.165, 1.54) is 12.1 Å². The lowest BCUT2D eigenvalue weighted by Gasteiger charge is -2.44. The number of hydrazone groups is 1. The summed E-state index contributed by atoms with van der Waals surface area (Å²) in [6.45, 7) is 0. The molecule has 3 aliphatic rings. The van der Waals surface area contributed by atoms with Gasteiger partial charge in [-0.3, -0.25) is 4.79 Å². The van der Waals surface area contributed by atoms with Crippen molar-refractivity contribution in [3.63, 3.8) is 0 Å². The van der Waals surface area contributed by atoms with Gasteiger partial charge in [-0.05, 0) is 42.0 Å². The highest BCUT2D eigenvalue weighted by Gasteiger charge is 2.61. The molecule has 2 unspecified atom stereocenters. The number of amides is 1. The van der Waals surface area contributed by atoms with E-state index in [0.29, 0.717) is 34.2 Å². The number of anilines is 1. The number of rotatable bonds is 2. The van der Waals surface area contributed by atoms with Crippen LogP contribution in [0.5, 0.6) is 11.5 Å². The molecule has 8 heteroatoms. The van der Waals surface area contributed by atoms with Gasteiger partial charge in [0.25, 0.3) is 5.91 Å². The van der Waals surface area contributed by atoms with Crippen molar-refractivity contribution in [3.8, 4) is 11.5 Å². The molecule has 6 nitrogen and oxygen atoms in total. The number of benzene rings is 3. The topological polar surface area (TPSA) is 63.2 Å². The Morgan fingerprint density at radius 3 is 2.81 bits per heavy atom. The highest BCUT2D eigenvalue weighted by molar-refractivity contribution is 6.31. The van der Waals surface area contributed by atoms with Crippen LogP contribution < -0.4 is 14.8 Å². The molecule has 1 amide bonds. The number of carbonyl (C=O) groups excluding carboxylic acids is 1. The van der Waals surface area contributed by atoms with Gasteiger partial charge in [-0.1, -0.05) is 35.9 Å². The molecule has 0 aliphatic carbocycles. The molecule has 3 aliphatic heterocycles. The Balaban J connectivity index is 1.59. The minimum absolute atomic E-state index is 0.287. The third-order valence-electron chi connectivity index (χ3n) is 6.15. The maximum absolute atomic E-state index is 13.5. The fourth-order valence-electron chi connectivity index (χ4n) is 4.68. The molecule has 160 valence electrons. The molecule has 3 heterocycles. The van der Waals surface area contributed by atoms with Crippen molar-refractivity contribution in [2.45, 2.75) is 18.2 Å². The Kier molecular flexibility index (Phi) is 4.01. The highest BCUT2D eigenvalue weighted by Crippen LogP contribution is 2.56. The number of ether oxygens (including phenoxy) is 2. The molecule has 3 aromatic rings. The fraction of sp³-hybridized carbons (Fsp3) is 0.167. The minimum atomic E-state index is -1.55. The van der Waals surface area contributed by atoms with Crippen molar-refractivity contribution >= 4 is 28.9 Å². The predicted octanol–water partition coefficient (Wildman–Crippen LogP) is 4.84. The number of hydrogen-bond donors (Lipinski definition) is 1. The van der Waals surface area contributed by atoms with Gasteiger partial charge in [0.15, 0.2) is 11.5 Å². The normalized spacial score (nSPS) is 22.6. The van der Waals surface area contributed by atoms with Gasteiger partial charge < -0.3 is 14.8 Å². The molecule has 32 heavy (non-hydrogen) atoms. The number of fused-ring (bicyclic) bond motifs is 6. The number of methoxy groups -OCH3 is 1. The van der Waals surface area contributed by atoms with E-state index < -0.39 is 5.72 Å². The average Bonchev–Trinajstić information content (AvgIpc) is 3.35. The minimum Gasteiger partial charge on any atom is -0.493 e. The van der Waals surface area contributed by atoms with Crippen molar-refractivity contribution in [1.82, 2.24) is 5.01 Å². The number of halogens is 2. The SMILES string of the molecule is COc1cccc2c1OC1(C(=O)Nc3ccc(Cl)cc31)N1N=C(c3ccc(F)cc3)CC21. The van der Waals surface area contributed by atoms with Crippen LogP contribution in [-0.4, -0.2) is 23.7 Å². The van der Waals surface area contributed by atoms with Crippen LogP contribution in [0.1, 0.15) is 29.2 Å². The quantitative estimate of drug-likeness (QED) is 0.608. The van der Waals surface area contributed by atoms with Crippen molar-refractivity contribution in [3.05, 3.63) is 88.2 Å². The molecule has 0 bridgehead atoms. The Hall–Kier alpha value is -3.58. The molecular formula is C24H17ClFN3O3. The summed E-state index contributed by atoms with van der Waals surface area (Å²) < 4.78 is 25.5. The van der Waals surface area contributed by atoms with E-state index in [1.807, 2.05) is 12.1 Å². The van der Waals surface area contributed by atoms with E-state index in [9.17, 15) is 9.18 Å². The first-order chi connectivity index (χ1) is 15.5. The highest BCUT2D eigenvalue weighted by atomic mass is 35.5.